The molecule has 0 unspecified atom stereocenters. The van der Waals surface area contributed by atoms with E-state index in [1.165, 1.54) is 0 Å². The molecule has 136 valence electrons. The SMILES string of the molecule is NC(=S)N/N=C1/C(=O)N(c2ccccc2)C(=O)[C@@H]1C(=O)Nc1ccccc1. The van der Waals surface area contributed by atoms with E-state index in [0.717, 1.165) is 4.90 Å². The minimum atomic E-state index is -1.43. The van der Waals surface area contributed by atoms with Gasteiger partial charge in [-0.2, -0.15) is 5.10 Å². The molecule has 1 saturated heterocycles. The molecule has 0 radical (unpaired) electrons. The summed E-state index contributed by atoms with van der Waals surface area (Å²) in [6.07, 6.45) is 0. The molecule has 0 spiro atoms. The highest BCUT2D eigenvalue weighted by molar-refractivity contribution is 7.80. The van der Waals surface area contributed by atoms with Crippen molar-refractivity contribution in [2.45, 2.75) is 0 Å². The van der Waals surface area contributed by atoms with Crippen LogP contribution in [0.5, 0.6) is 0 Å². The quantitative estimate of drug-likeness (QED) is 0.315. The second-order valence-corrected chi connectivity index (χ2v) is 6.02. The Labute approximate surface area is 160 Å². The average Bonchev–Trinajstić information content (AvgIpc) is 2.91. The molecule has 0 aliphatic carbocycles. The molecule has 1 aliphatic rings. The van der Waals surface area contributed by atoms with Crippen LogP contribution in [-0.2, 0) is 14.4 Å². The lowest BCUT2D eigenvalue weighted by molar-refractivity contribution is -0.127. The molecule has 4 N–H and O–H groups in total. The van der Waals surface area contributed by atoms with Crippen molar-refractivity contribution in [1.82, 2.24) is 5.43 Å². The zero-order chi connectivity index (χ0) is 19.4. The monoisotopic (exact) mass is 381 g/mol. The fourth-order valence-corrected chi connectivity index (χ4v) is 2.65. The highest BCUT2D eigenvalue weighted by Crippen LogP contribution is 2.26. The molecule has 1 heterocycles. The number of rotatable bonds is 4. The van der Waals surface area contributed by atoms with Crippen LogP contribution in [0.25, 0.3) is 0 Å². The van der Waals surface area contributed by atoms with Crippen molar-refractivity contribution >= 4 is 52.1 Å². The summed E-state index contributed by atoms with van der Waals surface area (Å²) in [5, 5.41) is 6.22. The number of amides is 3. The molecule has 0 bridgehead atoms. The Morgan fingerprint density at radius 2 is 1.63 bits per heavy atom. The van der Waals surface area contributed by atoms with Crippen LogP contribution >= 0.6 is 12.2 Å². The molecule has 2 aromatic rings. The lowest BCUT2D eigenvalue weighted by Gasteiger charge is -2.13. The summed E-state index contributed by atoms with van der Waals surface area (Å²) in [6, 6.07) is 16.9. The van der Waals surface area contributed by atoms with Crippen LogP contribution in [0, 0.1) is 5.92 Å². The second-order valence-electron chi connectivity index (χ2n) is 5.58. The first-order valence-electron chi connectivity index (χ1n) is 7.91. The smallest absolute Gasteiger partial charge is 0.282 e. The Bertz CT molecular complexity index is 931. The summed E-state index contributed by atoms with van der Waals surface area (Å²) in [5.41, 5.74) is 8.16. The van der Waals surface area contributed by atoms with Gasteiger partial charge in [-0.05, 0) is 36.5 Å². The number of nitrogens with one attached hydrogen (secondary N) is 2. The van der Waals surface area contributed by atoms with Crippen LogP contribution in [0.15, 0.2) is 65.8 Å². The number of para-hydroxylation sites is 2. The minimum absolute atomic E-state index is 0.192. The van der Waals surface area contributed by atoms with Crippen LogP contribution in [0.3, 0.4) is 0 Å². The number of imide groups is 1. The van der Waals surface area contributed by atoms with Crippen molar-refractivity contribution in [2.24, 2.45) is 16.8 Å². The maximum Gasteiger partial charge on any atom is 0.282 e. The van der Waals surface area contributed by atoms with Crippen molar-refractivity contribution in [3.63, 3.8) is 0 Å². The Morgan fingerprint density at radius 1 is 1.04 bits per heavy atom. The van der Waals surface area contributed by atoms with Crippen molar-refractivity contribution in [3.05, 3.63) is 60.7 Å². The molecule has 1 aliphatic heterocycles. The molecule has 9 heteroatoms. The highest BCUT2D eigenvalue weighted by atomic mass is 32.1. The van der Waals surface area contributed by atoms with Crippen molar-refractivity contribution in [1.29, 1.82) is 0 Å². The first kappa shape index (κ1) is 18.2. The zero-order valence-corrected chi connectivity index (χ0v) is 14.8. The molecule has 1 atom stereocenters. The predicted molar refractivity (Wildman–Crippen MR) is 105 cm³/mol. The largest absolute Gasteiger partial charge is 0.375 e. The van der Waals surface area contributed by atoms with Gasteiger partial charge >= 0.3 is 0 Å². The third kappa shape index (κ3) is 3.82. The summed E-state index contributed by atoms with van der Waals surface area (Å²) in [4.78, 5) is 39.3. The lowest BCUT2D eigenvalue weighted by atomic mass is 10.1. The summed E-state index contributed by atoms with van der Waals surface area (Å²) in [6.45, 7) is 0. The maximum absolute atomic E-state index is 12.9. The van der Waals surface area contributed by atoms with E-state index in [9.17, 15) is 14.4 Å². The number of hydrazone groups is 1. The molecule has 0 aromatic heterocycles. The van der Waals surface area contributed by atoms with Gasteiger partial charge in [-0.1, -0.05) is 36.4 Å². The second kappa shape index (κ2) is 7.75. The van der Waals surface area contributed by atoms with Crippen LogP contribution in [0.2, 0.25) is 0 Å². The third-order valence-corrected chi connectivity index (χ3v) is 3.86. The van der Waals surface area contributed by atoms with Gasteiger partial charge in [0.2, 0.25) is 5.91 Å². The first-order chi connectivity index (χ1) is 13.0. The minimum Gasteiger partial charge on any atom is -0.375 e. The van der Waals surface area contributed by atoms with Gasteiger partial charge in [0.05, 0.1) is 5.69 Å². The van der Waals surface area contributed by atoms with Gasteiger partial charge in [-0.25, -0.2) is 4.90 Å². The zero-order valence-electron chi connectivity index (χ0n) is 14.0. The molecule has 1 fully saturated rings. The average molecular weight is 381 g/mol. The standard InChI is InChI=1S/C18H15N5O3S/c19-18(27)22-21-14-13(15(24)20-11-7-3-1-4-8-11)16(25)23(17(14)26)12-9-5-2-6-10-12/h1-10,13H,(H,20,24)(H3,19,22,27)/b21-14+/t13-/m0/s1. The topological polar surface area (TPSA) is 117 Å². The van der Waals surface area contributed by atoms with E-state index in [0.29, 0.717) is 11.4 Å². The molecule has 2 aromatic carbocycles. The van der Waals surface area contributed by atoms with Gasteiger partial charge in [-0.3, -0.25) is 19.8 Å². The van der Waals surface area contributed by atoms with Crippen molar-refractivity contribution in [3.8, 4) is 0 Å². The Hall–Kier alpha value is -3.59. The van der Waals surface area contributed by atoms with Gasteiger partial charge in [0.1, 0.15) is 5.71 Å². The third-order valence-electron chi connectivity index (χ3n) is 3.77. The van der Waals surface area contributed by atoms with E-state index >= 15 is 0 Å². The fourth-order valence-electron chi connectivity index (χ4n) is 2.61. The summed E-state index contributed by atoms with van der Waals surface area (Å²) in [7, 11) is 0. The van der Waals surface area contributed by atoms with E-state index in [4.69, 9.17) is 5.73 Å². The molecule has 3 rings (SSSR count). The first-order valence-corrected chi connectivity index (χ1v) is 8.32. The maximum atomic E-state index is 12.9. The summed E-state index contributed by atoms with van der Waals surface area (Å²) in [5.74, 6) is -3.53. The van der Waals surface area contributed by atoms with Crippen LogP contribution in [-0.4, -0.2) is 28.5 Å². The van der Waals surface area contributed by atoms with E-state index in [1.807, 2.05) is 0 Å². The van der Waals surface area contributed by atoms with E-state index < -0.39 is 23.6 Å². The molecular formula is C18H15N5O3S. The van der Waals surface area contributed by atoms with Gasteiger partial charge in [0, 0.05) is 5.69 Å². The van der Waals surface area contributed by atoms with Crippen LogP contribution in [0.1, 0.15) is 0 Å². The number of anilines is 2. The van der Waals surface area contributed by atoms with Gasteiger partial charge < -0.3 is 11.1 Å². The lowest BCUT2D eigenvalue weighted by Crippen LogP contribution is -2.35. The molecule has 8 nitrogen and oxygen atoms in total. The Balaban J connectivity index is 1.96. The van der Waals surface area contributed by atoms with E-state index in [1.54, 1.807) is 60.7 Å². The molecule has 27 heavy (non-hydrogen) atoms. The van der Waals surface area contributed by atoms with Gasteiger partial charge in [0.15, 0.2) is 11.0 Å². The highest BCUT2D eigenvalue weighted by Gasteiger charge is 2.50. The molecule has 0 saturated carbocycles. The van der Waals surface area contributed by atoms with E-state index in [-0.39, 0.29) is 10.8 Å². The van der Waals surface area contributed by atoms with Crippen LogP contribution in [0.4, 0.5) is 11.4 Å². The number of nitrogens with two attached hydrogens (primary N) is 1. The number of nitrogens with zero attached hydrogens (tertiary/aromatic N) is 2. The number of hydrogen-bond donors (Lipinski definition) is 3. The summed E-state index contributed by atoms with van der Waals surface area (Å²) < 4.78 is 0. The van der Waals surface area contributed by atoms with Gasteiger partial charge in [0.25, 0.3) is 11.8 Å². The van der Waals surface area contributed by atoms with Gasteiger partial charge in [-0.15, -0.1) is 0 Å². The Morgan fingerprint density at radius 3 is 2.22 bits per heavy atom. The van der Waals surface area contributed by atoms with Crippen molar-refractivity contribution in [2.75, 3.05) is 10.2 Å². The summed E-state index contributed by atoms with van der Waals surface area (Å²) >= 11 is 4.68. The Kier molecular flexibility index (Phi) is 5.23. The fraction of sp³-hybridized carbons (Fsp3) is 0.0556. The predicted octanol–water partition coefficient (Wildman–Crippen LogP) is 1.00. The molecule has 3 amide bonds. The molecular weight excluding hydrogens is 366 g/mol. The normalized spacial score (nSPS) is 17.9. The number of hydrogen-bond acceptors (Lipinski definition) is 5. The number of benzene rings is 2. The van der Waals surface area contributed by atoms with E-state index in [2.05, 4.69) is 28.1 Å². The number of carbonyl (C=O) groups is 3. The van der Waals surface area contributed by atoms with Crippen LogP contribution < -0.4 is 21.4 Å². The number of thiocarbonyl (C=S) groups is 1. The van der Waals surface area contributed by atoms with Crippen molar-refractivity contribution < 1.29 is 14.4 Å². The number of carbonyl (C=O) groups excluding carboxylic acids is 3.